The van der Waals surface area contributed by atoms with Gasteiger partial charge in [0, 0.05) is 32.7 Å². The Bertz CT molecular complexity index is 660. The Kier molecular flexibility index (Phi) is 5.07. The van der Waals surface area contributed by atoms with Gasteiger partial charge < -0.3 is 9.64 Å². The van der Waals surface area contributed by atoms with E-state index in [1.54, 1.807) is 13.3 Å². The third-order valence-corrected chi connectivity index (χ3v) is 4.41. The number of anilines is 1. The quantitative estimate of drug-likeness (QED) is 0.815. The van der Waals surface area contributed by atoms with E-state index in [-0.39, 0.29) is 5.82 Å². The number of hydrogen-bond donors (Lipinski definition) is 0. The molecule has 0 bridgehead atoms. The molecule has 0 saturated carbocycles. The number of aromatic nitrogens is 2. The second-order valence-electron chi connectivity index (χ2n) is 5.42. The predicted octanol–water partition coefficient (Wildman–Crippen LogP) is 2.71. The van der Waals surface area contributed by atoms with Gasteiger partial charge in [-0.2, -0.15) is 4.98 Å². The lowest BCUT2D eigenvalue weighted by Crippen LogP contribution is -2.46. The summed E-state index contributed by atoms with van der Waals surface area (Å²) in [5.74, 6) is 1.04. The second-order valence-corrected chi connectivity index (χ2v) is 6.27. The van der Waals surface area contributed by atoms with E-state index in [4.69, 9.17) is 4.74 Å². The normalized spacial score (nSPS) is 15.7. The summed E-state index contributed by atoms with van der Waals surface area (Å²) in [7, 11) is 1.59. The minimum absolute atomic E-state index is 0.195. The van der Waals surface area contributed by atoms with E-state index in [0.717, 1.165) is 42.8 Å². The number of ether oxygens (including phenoxy) is 1. The van der Waals surface area contributed by atoms with Crippen molar-refractivity contribution in [3.8, 4) is 5.88 Å². The van der Waals surface area contributed by atoms with E-state index in [1.165, 1.54) is 12.1 Å². The van der Waals surface area contributed by atoms with Gasteiger partial charge in [0.1, 0.15) is 5.82 Å². The van der Waals surface area contributed by atoms with Crippen LogP contribution in [0.5, 0.6) is 5.88 Å². The highest BCUT2D eigenvalue weighted by Crippen LogP contribution is 2.24. The van der Waals surface area contributed by atoms with Crippen molar-refractivity contribution >= 4 is 21.9 Å². The molecule has 3 rings (SSSR count). The zero-order valence-electron chi connectivity index (χ0n) is 12.9. The molecule has 1 aliphatic heterocycles. The molecule has 1 aromatic carbocycles. The zero-order valence-corrected chi connectivity index (χ0v) is 14.5. The van der Waals surface area contributed by atoms with Gasteiger partial charge in [-0.15, -0.1) is 0 Å². The fraction of sp³-hybridized carbons (Fsp3) is 0.375. The summed E-state index contributed by atoms with van der Waals surface area (Å²) in [4.78, 5) is 13.3. The summed E-state index contributed by atoms with van der Waals surface area (Å²) in [5, 5.41) is 0. The zero-order chi connectivity index (χ0) is 16.2. The Hall–Kier alpha value is -1.73. The topological polar surface area (TPSA) is 41.5 Å². The van der Waals surface area contributed by atoms with Crippen LogP contribution in [0.2, 0.25) is 0 Å². The summed E-state index contributed by atoms with van der Waals surface area (Å²) in [6.45, 7) is 4.37. The first-order valence-electron chi connectivity index (χ1n) is 7.44. The maximum Gasteiger partial charge on any atom is 0.232 e. The van der Waals surface area contributed by atoms with Crippen molar-refractivity contribution in [3.63, 3.8) is 0 Å². The van der Waals surface area contributed by atoms with Crippen LogP contribution in [0.3, 0.4) is 0 Å². The fourth-order valence-corrected chi connectivity index (χ4v) is 2.95. The molecule has 122 valence electrons. The first kappa shape index (κ1) is 16.1. The summed E-state index contributed by atoms with van der Waals surface area (Å²) in [6.07, 6.45) is 1.71. The van der Waals surface area contributed by atoms with Crippen LogP contribution < -0.4 is 9.64 Å². The highest BCUT2D eigenvalue weighted by atomic mass is 79.9. The molecular weight excluding hydrogens is 363 g/mol. The lowest BCUT2D eigenvalue weighted by Gasteiger charge is -2.34. The van der Waals surface area contributed by atoms with Crippen LogP contribution in [0, 0.1) is 5.82 Å². The molecule has 0 unspecified atom stereocenters. The number of nitrogens with zero attached hydrogens (tertiary/aromatic N) is 4. The number of benzene rings is 1. The first-order valence-corrected chi connectivity index (χ1v) is 8.23. The third kappa shape index (κ3) is 3.97. The van der Waals surface area contributed by atoms with Crippen molar-refractivity contribution in [1.29, 1.82) is 0 Å². The summed E-state index contributed by atoms with van der Waals surface area (Å²) >= 11 is 3.36. The number of methoxy groups -OCH3 is 1. The highest BCUT2D eigenvalue weighted by molar-refractivity contribution is 9.10. The highest BCUT2D eigenvalue weighted by Gasteiger charge is 2.20. The molecule has 2 heterocycles. The SMILES string of the molecule is COc1nc(N2CCN(Cc3ccc(F)cc3)CC2)ncc1Br. The standard InChI is InChI=1S/C16H18BrFN4O/c1-23-15-14(17)10-19-16(20-15)22-8-6-21(7-9-22)11-12-2-4-13(18)5-3-12/h2-5,10H,6-9,11H2,1H3. The lowest BCUT2D eigenvalue weighted by atomic mass is 10.2. The Balaban J connectivity index is 1.58. The van der Waals surface area contributed by atoms with E-state index in [2.05, 4.69) is 35.7 Å². The van der Waals surface area contributed by atoms with E-state index in [0.29, 0.717) is 11.8 Å². The van der Waals surface area contributed by atoms with Crippen molar-refractivity contribution in [2.75, 3.05) is 38.2 Å². The van der Waals surface area contributed by atoms with Gasteiger partial charge in [0.05, 0.1) is 17.8 Å². The Morgan fingerprint density at radius 1 is 1.17 bits per heavy atom. The average molecular weight is 381 g/mol. The molecule has 0 atom stereocenters. The Morgan fingerprint density at radius 3 is 2.52 bits per heavy atom. The van der Waals surface area contributed by atoms with E-state index < -0.39 is 0 Å². The van der Waals surface area contributed by atoms with Gasteiger partial charge in [-0.1, -0.05) is 12.1 Å². The molecule has 0 aliphatic carbocycles. The van der Waals surface area contributed by atoms with Gasteiger partial charge in [-0.3, -0.25) is 4.90 Å². The first-order chi connectivity index (χ1) is 11.2. The minimum Gasteiger partial charge on any atom is -0.480 e. The third-order valence-electron chi connectivity index (χ3n) is 3.87. The average Bonchev–Trinajstić information content (AvgIpc) is 2.58. The molecule has 0 N–H and O–H groups in total. The van der Waals surface area contributed by atoms with Crippen LogP contribution in [0.4, 0.5) is 10.3 Å². The number of hydrogen-bond acceptors (Lipinski definition) is 5. The maximum atomic E-state index is 12.9. The number of piperazine rings is 1. The van der Waals surface area contributed by atoms with E-state index in [9.17, 15) is 4.39 Å². The van der Waals surface area contributed by atoms with Gasteiger partial charge >= 0.3 is 0 Å². The van der Waals surface area contributed by atoms with Crippen LogP contribution in [-0.4, -0.2) is 48.2 Å². The van der Waals surface area contributed by atoms with Gasteiger partial charge in [0.25, 0.3) is 0 Å². The monoisotopic (exact) mass is 380 g/mol. The molecular formula is C16H18BrFN4O. The van der Waals surface area contributed by atoms with Crippen molar-refractivity contribution in [2.45, 2.75) is 6.54 Å². The van der Waals surface area contributed by atoms with Gasteiger partial charge in [-0.25, -0.2) is 9.37 Å². The molecule has 2 aromatic rings. The molecule has 1 fully saturated rings. The maximum absolute atomic E-state index is 12.9. The van der Waals surface area contributed by atoms with Crippen LogP contribution >= 0.6 is 15.9 Å². The van der Waals surface area contributed by atoms with Gasteiger partial charge in [-0.05, 0) is 33.6 Å². The van der Waals surface area contributed by atoms with Crippen molar-refractivity contribution in [2.24, 2.45) is 0 Å². The van der Waals surface area contributed by atoms with Gasteiger partial charge in [0.2, 0.25) is 11.8 Å². The summed E-state index contributed by atoms with van der Waals surface area (Å²) < 4.78 is 18.9. The molecule has 1 aromatic heterocycles. The molecule has 0 amide bonds. The van der Waals surface area contributed by atoms with Crippen LogP contribution in [0.1, 0.15) is 5.56 Å². The van der Waals surface area contributed by atoms with Gasteiger partial charge in [0.15, 0.2) is 0 Å². The molecule has 5 nitrogen and oxygen atoms in total. The van der Waals surface area contributed by atoms with Crippen LogP contribution in [0.15, 0.2) is 34.9 Å². The molecule has 23 heavy (non-hydrogen) atoms. The molecule has 1 aliphatic rings. The predicted molar refractivity (Wildman–Crippen MR) is 90.2 cm³/mol. The Morgan fingerprint density at radius 2 is 1.87 bits per heavy atom. The van der Waals surface area contributed by atoms with Crippen LogP contribution in [-0.2, 0) is 6.54 Å². The largest absolute Gasteiger partial charge is 0.480 e. The molecule has 1 saturated heterocycles. The van der Waals surface area contributed by atoms with E-state index >= 15 is 0 Å². The molecule has 0 radical (unpaired) electrons. The lowest BCUT2D eigenvalue weighted by molar-refractivity contribution is 0.248. The smallest absolute Gasteiger partial charge is 0.232 e. The Labute approximate surface area is 143 Å². The van der Waals surface area contributed by atoms with Crippen molar-refractivity contribution in [3.05, 3.63) is 46.3 Å². The minimum atomic E-state index is -0.195. The van der Waals surface area contributed by atoms with Crippen molar-refractivity contribution in [1.82, 2.24) is 14.9 Å². The van der Waals surface area contributed by atoms with Crippen molar-refractivity contribution < 1.29 is 9.13 Å². The molecule has 0 spiro atoms. The van der Waals surface area contributed by atoms with Crippen LogP contribution in [0.25, 0.3) is 0 Å². The number of rotatable bonds is 4. The molecule has 7 heteroatoms. The second kappa shape index (κ2) is 7.23. The fourth-order valence-electron chi connectivity index (χ4n) is 2.59. The summed E-state index contributed by atoms with van der Waals surface area (Å²) in [6, 6.07) is 6.69. The summed E-state index contributed by atoms with van der Waals surface area (Å²) in [5.41, 5.74) is 1.13. The number of halogens is 2. The van der Waals surface area contributed by atoms with E-state index in [1.807, 2.05) is 12.1 Å².